The predicted octanol–water partition coefficient (Wildman–Crippen LogP) is 32.3. The fraction of sp³-hybridized carbons (Fsp3) is 0.262. The zero-order chi connectivity index (χ0) is 99.7. The molecule has 16 aromatic carbocycles. The van der Waals surface area contributed by atoms with Gasteiger partial charge in [0, 0.05) is 80.6 Å². The molecule has 0 fully saturated rings. The van der Waals surface area contributed by atoms with Gasteiger partial charge in [-0.25, -0.2) is 0 Å². The number of nitrogens with zero attached hydrogens (tertiary/aromatic N) is 4. The van der Waals surface area contributed by atoms with Crippen LogP contribution in [0.15, 0.2) is 340 Å². The lowest BCUT2D eigenvalue weighted by molar-refractivity contribution is 0.589. The second-order valence-electron chi connectivity index (χ2n) is 44.0. The van der Waals surface area contributed by atoms with Crippen LogP contribution in [0, 0.1) is 0 Å². The third-order valence-corrected chi connectivity index (χ3v) is 30.4. The summed E-state index contributed by atoms with van der Waals surface area (Å²) in [6, 6.07) is 110. The van der Waals surface area contributed by atoms with Gasteiger partial charge >= 0.3 is 0 Å². The van der Waals surface area contributed by atoms with Gasteiger partial charge < -0.3 is 18.9 Å². The van der Waals surface area contributed by atoms with Crippen molar-refractivity contribution in [1.29, 1.82) is 0 Å². The number of unbranched alkanes of at least 4 members (excludes halogenated alkanes) is 4. The van der Waals surface area contributed by atoms with Gasteiger partial charge in [0.05, 0.1) is 27.4 Å². The summed E-state index contributed by atoms with van der Waals surface area (Å²) in [6.45, 7) is 36.3. The number of aromatic nitrogens is 2. The van der Waals surface area contributed by atoms with Crippen molar-refractivity contribution in [2.75, 3.05) is 22.9 Å². The zero-order valence-electron chi connectivity index (χ0n) is 89.3. The van der Waals surface area contributed by atoms with E-state index in [0.717, 1.165) is 68.3 Å². The highest BCUT2D eigenvalue weighted by molar-refractivity contribution is 7.00. The van der Waals surface area contributed by atoms with E-state index in [9.17, 15) is 5.48 Å². The molecule has 4 heterocycles. The van der Waals surface area contributed by atoms with Crippen LogP contribution in [0.3, 0.4) is 0 Å². The molecular formula is C130H127BN4. The van der Waals surface area contributed by atoms with Crippen molar-refractivity contribution in [2.24, 2.45) is 0 Å². The molecule has 22 rings (SSSR count). The molecular weight excluding hydrogens is 1630 g/mol. The summed E-state index contributed by atoms with van der Waals surface area (Å²) >= 11 is 0. The molecule has 0 radical (unpaired) electrons. The zero-order valence-corrected chi connectivity index (χ0v) is 81.3. The summed E-state index contributed by atoms with van der Waals surface area (Å²) in [5, 5.41) is 2.66. The van der Waals surface area contributed by atoms with E-state index in [1.165, 1.54) is 183 Å². The molecule has 2 aliphatic heterocycles. The second-order valence-corrected chi connectivity index (χ2v) is 44.0. The van der Waals surface area contributed by atoms with Crippen molar-refractivity contribution in [1.82, 2.24) is 9.13 Å². The normalized spacial score (nSPS) is 14.5. The molecule has 0 bridgehead atoms. The molecule has 1 spiro atoms. The first-order valence-electron chi connectivity index (χ1n) is 53.5. The number of hydrogen-bond donors (Lipinski definition) is 0. The first-order valence-corrected chi connectivity index (χ1v) is 49.5. The maximum Gasteiger partial charge on any atom is 0.252 e. The Labute approximate surface area is 813 Å². The minimum atomic E-state index is -0.555. The SMILES string of the molecule is [2H]c1c([2H])c([2H])c2c(c1[2H])c1c([2H])c([2H])c([2H])c([2H])c1n2CCCCc1ccc2c(c1)N(CCCc1c(-c3ccc(C(C)(C)C)cc3)cccc1-c1ccc(C(C)(C)C)cc1)c1cc(C(C)(C)C)cc3c1B2c1ccc(-n2c4ccccc4c4cc5c(cc42)C2(c4ccccc4-c4ccccc42)c2ccccc2-5)cc1N3CCCCCCc1c(-c2ccc(C(C)(C)C)cc2)cccc1-c1ccc(C(C)(C)C)cc1. The highest BCUT2D eigenvalue weighted by atomic mass is 15.2. The highest BCUT2D eigenvalue weighted by Gasteiger charge is 2.52. The van der Waals surface area contributed by atoms with E-state index in [2.05, 4.69) is 409 Å². The number of hydrogen-bond acceptors (Lipinski definition) is 2. The number of para-hydroxylation sites is 3. The van der Waals surface area contributed by atoms with Gasteiger partial charge in [-0.15, -0.1) is 0 Å². The van der Waals surface area contributed by atoms with E-state index >= 15 is 0 Å². The summed E-state index contributed by atoms with van der Waals surface area (Å²) < 4.78 is 76.8. The second kappa shape index (κ2) is 33.7. The molecule has 0 N–H and O–H groups in total. The molecule has 0 amide bonds. The van der Waals surface area contributed by atoms with Gasteiger partial charge in [0.2, 0.25) is 0 Å². The summed E-state index contributed by atoms with van der Waals surface area (Å²) in [5.74, 6) is 0. The fourth-order valence-corrected chi connectivity index (χ4v) is 23.3. The van der Waals surface area contributed by atoms with Crippen molar-refractivity contribution < 1.29 is 11.0 Å². The van der Waals surface area contributed by atoms with Gasteiger partial charge in [-0.1, -0.05) is 396 Å². The molecule has 0 saturated carbocycles. The van der Waals surface area contributed by atoms with Crippen molar-refractivity contribution >= 4 is 89.5 Å². The molecule has 0 atom stereocenters. The van der Waals surface area contributed by atoms with Crippen LogP contribution < -0.4 is 26.2 Å². The van der Waals surface area contributed by atoms with E-state index in [1.807, 2.05) is 0 Å². The summed E-state index contributed by atoms with van der Waals surface area (Å²) in [4.78, 5) is 5.48. The number of fused-ring (bicyclic) bond motifs is 20. The quantitative estimate of drug-likeness (QED) is 0.0527. The van der Waals surface area contributed by atoms with Crippen LogP contribution in [0.1, 0.15) is 227 Å². The van der Waals surface area contributed by atoms with Crippen molar-refractivity contribution in [3.63, 3.8) is 0 Å². The van der Waals surface area contributed by atoms with Crippen molar-refractivity contribution in [3.05, 3.63) is 406 Å². The molecule has 18 aromatic rings. The van der Waals surface area contributed by atoms with Gasteiger partial charge in [-0.3, -0.25) is 0 Å². The van der Waals surface area contributed by atoms with Crippen LogP contribution in [-0.4, -0.2) is 28.9 Å². The topological polar surface area (TPSA) is 16.3 Å². The standard InChI is InChI=1S/C130H127BN4/c1-125(2,3)90-65-57-86(58-66-90)96-45-34-46-97(87-59-67-91(68-60-87)126(4,5)6)100(96)38-18-16-17-32-76-133-121-82-95(135-118-55-30-24-44-107(118)109-83-108-104-41-21-27-52-112(104)130(113(108)84-119(109)135)110-50-25-19-39-102(110)103-40-20-26-51-111(103)130)73-75-115(121)131-114-74-56-85(37-31-33-77-132-116-53-28-22-42-105(116)106-43-23-29-54-117(106)132)79-120(114)134(123-81-94(129(13,14)15)80-122(133)124(123)131)78-36-49-101-98(88-61-69-92(70-62-88)127(7,8)9)47-35-48-99(101)89-63-71-93(72-64-89)128(10,11)12/h19-30,34-35,39-48,50-75,79-84H,16-18,31-33,36-38,49,76-78H2,1-15H3/i22D,23D,28D,29D,42D,43D,53D,54D. The molecule has 2 aromatic heterocycles. The predicted molar refractivity (Wildman–Crippen MR) is 580 cm³/mol. The Kier molecular flexibility index (Phi) is 19.5. The van der Waals surface area contributed by atoms with Crippen LogP contribution >= 0.6 is 0 Å². The van der Waals surface area contributed by atoms with Crippen LogP contribution in [0.4, 0.5) is 22.7 Å². The van der Waals surface area contributed by atoms with Gasteiger partial charge in [0.15, 0.2) is 0 Å². The largest absolute Gasteiger partial charge is 0.342 e. The number of anilines is 4. The van der Waals surface area contributed by atoms with Gasteiger partial charge in [0.25, 0.3) is 6.71 Å². The first-order chi connectivity index (χ1) is 68.5. The third-order valence-electron chi connectivity index (χ3n) is 30.4. The average Bonchev–Trinajstić information content (AvgIpc) is 1.51. The van der Waals surface area contributed by atoms with E-state index < -0.39 is 29.6 Å². The number of aryl methyl sites for hydroxylation is 2. The smallest absolute Gasteiger partial charge is 0.252 e. The van der Waals surface area contributed by atoms with E-state index in [-0.39, 0.29) is 86.3 Å². The van der Waals surface area contributed by atoms with Crippen molar-refractivity contribution in [2.45, 2.75) is 207 Å². The van der Waals surface area contributed by atoms with Crippen molar-refractivity contribution in [3.8, 4) is 72.4 Å². The lowest BCUT2D eigenvalue weighted by atomic mass is 9.33. The Morgan fingerprint density at radius 2 is 0.674 bits per heavy atom. The summed E-state index contributed by atoms with van der Waals surface area (Å²) in [6.07, 6.45) is 8.51. The summed E-state index contributed by atoms with van der Waals surface area (Å²) in [5.41, 5.74) is 42.5. The Hall–Kier alpha value is -13.2. The third kappa shape index (κ3) is 15.2. The lowest BCUT2D eigenvalue weighted by Crippen LogP contribution is -2.62. The molecule has 670 valence electrons. The number of rotatable bonds is 21. The Morgan fingerprint density at radius 3 is 1.16 bits per heavy atom. The summed E-state index contributed by atoms with van der Waals surface area (Å²) in [7, 11) is 0. The molecule has 2 aliphatic carbocycles. The van der Waals surface area contributed by atoms with Gasteiger partial charge in [0.1, 0.15) is 0 Å². The van der Waals surface area contributed by atoms with Gasteiger partial charge in [-0.05, 0) is 289 Å². The molecule has 4 nitrogen and oxygen atoms in total. The van der Waals surface area contributed by atoms with Crippen LogP contribution in [0.5, 0.6) is 0 Å². The van der Waals surface area contributed by atoms with Gasteiger partial charge in [-0.2, -0.15) is 0 Å². The molecule has 0 saturated heterocycles. The molecule has 135 heavy (non-hydrogen) atoms. The van der Waals surface area contributed by atoms with E-state index in [4.69, 9.17) is 5.48 Å². The van der Waals surface area contributed by atoms with E-state index in [1.54, 1.807) is 4.57 Å². The Morgan fingerprint density at radius 1 is 0.274 bits per heavy atom. The van der Waals surface area contributed by atoms with Crippen LogP contribution in [0.25, 0.3) is 116 Å². The first kappa shape index (κ1) is 78.1. The maximum absolute atomic E-state index is 9.35. The maximum atomic E-state index is 9.35. The van der Waals surface area contributed by atoms with E-state index in [0.29, 0.717) is 25.8 Å². The Bertz CT molecular complexity index is 7890. The molecule has 5 heteroatoms. The molecule has 4 aliphatic rings. The fourth-order valence-electron chi connectivity index (χ4n) is 23.3. The van der Waals surface area contributed by atoms with Crippen LogP contribution in [-0.2, 0) is 58.3 Å². The lowest BCUT2D eigenvalue weighted by Gasteiger charge is -2.45. The molecule has 0 unspecified atom stereocenters. The minimum Gasteiger partial charge on any atom is -0.342 e. The monoisotopic (exact) mass is 1760 g/mol. The Balaban J connectivity index is 0.698. The minimum absolute atomic E-state index is 0.0175. The average molecular weight is 1760 g/mol. The highest BCUT2D eigenvalue weighted by Crippen LogP contribution is 2.64. The van der Waals surface area contributed by atoms with Crippen LogP contribution in [0.2, 0.25) is 0 Å². The number of benzene rings is 16.